The summed E-state index contributed by atoms with van der Waals surface area (Å²) < 4.78 is 0. The predicted molar refractivity (Wildman–Crippen MR) is 96.2 cm³/mol. The van der Waals surface area contributed by atoms with Crippen LogP contribution >= 0.6 is 0 Å². The number of nitrogens with zero attached hydrogens (tertiary/aromatic N) is 3. The lowest BCUT2D eigenvalue weighted by atomic mass is 10.0. The summed E-state index contributed by atoms with van der Waals surface area (Å²) in [5.74, 6) is 0. The lowest BCUT2D eigenvalue weighted by Crippen LogP contribution is -2.46. The van der Waals surface area contributed by atoms with Gasteiger partial charge < -0.3 is 4.90 Å². The SMILES string of the molecule is CN(Cc1ccccc1)C1CCCN(c2ccc([N+](=O)[O-])cc2)C1. The van der Waals surface area contributed by atoms with Crippen molar-refractivity contribution in [1.82, 2.24) is 4.90 Å². The maximum Gasteiger partial charge on any atom is 0.269 e. The van der Waals surface area contributed by atoms with Gasteiger partial charge in [0.15, 0.2) is 0 Å². The molecule has 0 amide bonds. The van der Waals surface area contributed by atoms with Crippen LogP contribution in [0.25, 0.3) is 0 Å². The van der Waals surface area contributed by atoms with E-state index in [1.165, 1.54) is 12.0 Å². The predicted octanol–water partition coefficient (Wildman–Crippen LogP) is 3.70. The molecule has 24 heavy (non-hydrogen) atoms. The van der Waals surface area contributed by atoms with E-state index in [2.05, 4.69) is 41.1 Å². The minimum absolute atomic E-state index is 0.147. The lowest BCUT2D eigenvalue weighted by Gasteiger charge is -2.39. The van der Waals surface area contributed by atoms with Gasteiger partial charge >= 0.3 is 0 Å². The molecule has 5 heteroatoms. The minimum Gasteiger partial charge on any atom is -0.370 e. The molecule has 5 nitrogen and oxygen atoms in total. The van der Waals surface area contributed by atoms with Crippen molar-refractivity contribution >= 4 is 11.4 Å². The summed E-state index contributed by atoms with van der Waals surface area (Å²) in [4.78, 5) is 15.2. The van der Waals surface area contributed by atoms with Crippen molar-refractivity contribution in [1.29, 1.82) is 0 Å². The van der Waals surface area contributed by atoms with Gasteiger partial charge in [0, 0.05) is 43.5 Å². The van der Waals surface area contributed by atoms with Gasteiger partial charge in [-0.05, 0) is 37.6 Å². The number of anilines is 1. The van der Waals surface area contributed by atoms with Gasteiger partial charge in [-0.25, -0.2) is 0 Å². The fraction of sp³-hybridized carbons (Fsp3) is 0.368. The number of non-ortho nitro benzene ring substituents is 1. The van der Waals surface area contributed by atoms with Crippen molar-refractivity contribution < 1.29 is 4.92 Å². The van der Waals surface area contributed by atoms with Crippen LogP contribution in [-0.2, 0) is 6.54 Å². The zero-order valence-electron chi connectivity index (χ0n) is 14.0. The average Bonchev–Trinajstić information content (AvgIpc) is 2.63. The molecular formula is C19H23N3O2. The Labute approximate surface area is 142 Å². The van der Waals surface area contributed by atoms with Gasteiger partial charge in [0.05, 0.1) is 4.92 Å². The molecule has 0 saturated carbocycles. The van der Waals surface area contributed by atoms with Gasteiger partial charge in [-0.3, -0.25) is 15.0 Å². The van der Waals surface area contributed by atoms with Crippen LogP contribution in [0.15, 0.2) is 54.6 Å². The molecule has 126 valence electrons. The molecule has 0 radical (unpaired) electrons. The number of hydrogen-bond donors (Lipinski definition) is 0. The van der Waals surface area contributed by atoms with Gasteiger partial charge in [0.25, 0.3) is 5.69 Å². The average molecular weight is 325 g/mol. The fourth-order valence-electron chi connectivity index (χ4n) is 3.33. The van der Waals surface area contributed by atoms with E-state index in [9.17, 15) is 10.1 Å². The van der Waals surface area contributed by atoms with Crippen molar-refractivity contribution in [3.05, 3.63) is 70.3 Å². The summed E-state index contributed by atoms with van der Waals surface area (Å²) in [7, 11) is 2.18. The second-order valence-electron chi connectivity index (χ2n) is 6.42. The first-order valence-corrected chi connectivity index (χ1v) is 8.37. The standard InChI is InChI=1S/C19H23N3O2/c1-20(14-16-6-3-2-4-7-16)19-8-5-13-21(15-19)17-9-11-18(12-10-17)22(23)24/h2-4,6-7,9-12,19H,5,8,13-15H2,1H3. The van der Waals surface area contributed by atoms with Crippen LogP contribution in [0.5, 0.6) is 0 Å². The summed E-state index contributed by atoms with van der Waals surface area (Å²) in [5, 5.41) is 10.8. The Bertz CT molecular complexity index is 673. The summed E-state index contributed by atoms with van der Waals surface area (Å²) >= 11 is 0. The quantitative estimate of drug-likeness (QED) is 0.621. The van der Waals surface area contributed by atoms with Crippen LogP contribution in [-0.4, -0.2) is 36.0 Å². The van der Waals surface area contributed by atoms with Crippen LogP contribution in [0.3, 0.4) is 0 Å². The van der Waals surface area contributed by atoms with E-state index in [1.807, 2.05) is 18.2 Å². The molecule has 1 saturated heterocycles. The van der Waals surface area contributed by atoms with Gasteiger partial charge in [0.2, 0.25) is 0 Å². The minimum atomic E-state index is -0.351. The summed E-state index contributed by atoms with van der Waals surface area (Å²) in [6, 6.07) is 17.9. The third kappa shape index (κ3) is 3.92. The molecule has 1 heterocycles. The van der Waals surface area contributed by atoms with Crippen molar-refractivity contribution in [3.63, 3.8) is 0 Å². The molecule has 0 aliphatic carbocycles. The zero-order valence-corrected chi connectivity index (χ0v) is 14.0. The largest absolute Gasteiger partial charge is 0.370 e. The van der Waals surface area contributed by atoms with Crippen molar-refractivity contribution in [2.45, 2.75) is 25.4 Å². The first kappa shape index (κ1) is 16.5. The Hall–Kier alpha value is -2.40. The van der Waals surface area contributed by atoms with E-state index in [1.54, 1.807) is 12.1 Å². The molecule has 0 aromatic heterocycles. The number of piperidine rings is 1. The van der Waals surface area contributed by atoms with Crippen LogP contribution in [0.4, 0.5) is 11.4 Å². The molecular weight excluding hydrogens is 302 g/mol. The molecule has 0 bridgehead atoms. The molecule has 0 spiro atoms. The van der Waals surface area contributed by atoms with Gasteiger partial charge in [0.1, 0.15) is 0 Å². The highest BCUT2D eigenvalue weighted by molar-refractivity contribution is 5.51. The number of hydrogen-bond acceptors (Lipinski definition) is 4. The monoisotopic (exact) mass is 325 g/mol. The highest BCUT2D eigenvalue weighted by atomic mass is 16.6. The molecule has 2 aromatic rings. The molecule has 1 unspecified atom stereocenters. The normalized spacial score (nSPS) is 17.9. The Morgan fingerprint density at radius 1 is 1.17 bits per heavy atom. The molecule has 0 N–H and O–H groups in total. The summed E-state index contributed by atoms with van der Waals surface area (Å²) in [6.07, 6.45) is 2.33. The number of nitro groups is 1. The highest BCUT2D eigenvalue weighted by Crippen LogP contribution is 2.24. The van der Waals surface area contributed by atoms with Crippen molar-refractivity contribution in [2.75, 3.05) is 25.0 Å². The van der Waals surface area contributed by atoms with E-state index >= 15 is 0 Å². The van der Waals surface area contributed by atoms with E-state index in [4.69, 9.17) is 0 Å². The van der Waals surface area contributed by atoms with Crippen LogP contribution in [0.2, 0.25) is 0 Å². The number of likely N-dealkylation sites (N-methyl/N-ethyl adjacent to an activating group) is 1. The van der Waals surface area contributed by atoms with Crippen LogP contribution in [0.1, 0.15) is 18.4 Å². The molecule has 1 fully saturated rings. The number of benzene rings is 2. The number of nitro benzene ring substituents is 1. The maximum absolute atomic E-state index is 10.8. The lowest BCUT2D eigenvalue weighted by molar-refractivity contribution is -0.384. The van der Waals surface area contributed by atoms with Crippen molar-refractivity contribution in [2.24, 2.45) is 0 Å². The third-order valence-corrected chi connectivity index (χ3v) is 4.72. The molecule has 1 aliphatic heterocycles. The molecule has 1 aliphatic rings. The topological polar surface area (TPSA) is 49.6 Å². The first-order valence-electron chi connectivity index (χ1n) is 8.37. The number of rotatable bonds is 5. The van der Waals surface area contributed by atoms with Crippen molar-refractivity contribution in [3.8, 4) is 0 Å². The highest BCUT2D eigenvalue weighted by Gasteiger charge is 2.23. The van der Waals surface area contributed by atoms with Gasteiger partial charge in [-0.15, -0.1) is 0 Å². The summed E-state index contributed by atoms with van der Waals surface area (Å²) in [5.41, 5.74) is 2.54. The molecule has 3 rings (SSSR count). The smallest absolute Gasteiger partial charge is 0.269 e. The zero-order chi connectivity index (χ0) is 16.9. The van der Waals surface area contributed by atoms with E-state index < -0.39 is 0 Å². The van der Waals surface area contributed by atoms with Gasteiger partial charge in [-0.1, -0.05) is 30.3 Å². The van der Waals surface area contributed by atoms with Gasteiger partial charge in [-0.2, -0.15) is 0 Å². The fourth-order valence-corrected chi connectivity index (χ4v) is 3.33. The van der Waals surface area contributed by atoms with E-state index in [0.717, 1.165) is 31.7 Å². The van der Waals surface area contributed by atoms with E-state index in [0.29, 0.717) is 6.04 Å². The Balaban J connectivity index is 1.64. The Kier molecular flexibility index (Phi) is 5.11. The van der Waals surface area contributed by atoms with E-state index in [-0.39, 0.29) is 10.6 Å². The second-order valence-corrected chi connectivity index (χ2v) is 6.42. The van der Waals surface area contributed by atoms with Crippen LogP contribution < -0.4 is 4.90 Å². The Morgan fingerprint density at radius 2 is 1.88 bits per heavy atom. The summed E-state index contributed by atoms with van der Waals surface area (Å²) in [6.45, 7) is 2.91. The molecule has 2 aromatic carbocycles. The van der Waals surface area contributed by atoms with Crippen LogP contribution in [0, 0.1) is 10.1 Å². The maximum atomic E-state index is 10.8. The Morgan fingerprint density at radius 3 is 2.54 bits per heavy atom. The third-order valence-electron chi connectivity index (χ3n) is 4.72. The first-order chi connectivity index (χ1) is 11.6. The molecule has 1 atom stereocenters. The second kappa shape index (κ2) is 7.45.